The molecule has 1 aliphatic rings. The molecule has 118 valence electrons. The largest absolute Gasteiger partial charge is 0.355 e. The van der Waals surface area contributed by atoms with Crippen LogP contribution in [0.1, 0.15) is 26.2 Å². The Bertz CT molecular complexity index is 434. The van der Waals surface area contributed by atoms with Crippen LogP contribution in [-0.4, -0.2) is 53.2 Å². The molecule has 0 radical (unpaired) electrons. The van der Waals surface area contributed by atoms with Gasteiger partial charge in [0.25, 0.3) is 0 Å². The third-order valence-electron chi connectivity index (χ3n) is 3.78. The van der Waals surface area contributed by atoms with Crippen molar-refractivity contribution < 1.29 is 4.79 Å². The quantitative estimate of drug-likeness (QED) is 0.899. The molecule has 2 N–H and O–H groups in total. The molecule has 1 unspecified atom stereocenters. The molecule has 1 saturated heterocycles. The average molecular weight is 314 g/mol. The maximum Gasteiger partial charge on any atom is 0.224 e. The van der Waals surface area contributed by atoms with Crippen molar-refractivity contribution >= 4 is 24.1 Å². The second-order valence-corrected chi connectivity index (χ2v) is 5.49. The fourth-order valence-electron chi connectivity index (χ4n) is 2.58. The lowest BCUT2D eigenvalue weighted by Crippen LogP contribution is -2.46. The summed E-state index contributed by atoms with van der Waals surface area (Å²) in [6.45, 7) is 3.45. The molecular weight excluding hydrogens is 290 g/mol. The van der Waals surface area contributed by atoms with Gasteiger partial charge in [0.05, 0.1) is 0 Å². The second kappa shape index (κ2) is 8.14. The minimum Gasteiger partial charge on any atom is -0.355 e. The first-order chi connectivity index (χ1) is 9.58. The van der Waals surface area contributed by atoms with Crippen LogP contribution in [0.4, 0.5) is 5.82 Å². The summed E-state index contributed by atoms with van der Waals surface area (Å²) in [7, 11) is 2.04. The molecule has 1 aromatic rings. The zero-order valence-corrected chi connectivity index (χ0v) is 13.4. The van der Waals surface area contributed by atoms with Gasteiger partial charge in [-0.3, -0.25) is 4.79 Å². The summed E-state index contributed by atoms with van der Waals surface area (Å²) in [5.74, 6) is 1.05. The molecule has 0 saturated carbocycles. The molecule has 1 fully saturated rings. The number of anilines is 1. The second-order valence-electron chi connectivity index (χ2n) is 5.49. The summed E-state index contributed by atoms with van der Waals surface area (Å²) >= 11 is 0. The number of likely N-dealkylation sites (tertiary alicyclic amines) is 1. The van der Waals surface area contributed by atoms with Gasteiger partial charge in [-0.15, -0.1) is 17.5 Å². The van der Waals surface area contributed by atoms with Gasteiger partial charge in [-0.2, -0.15) is 5.10 Å². The number of carbonyl (C=O) groups excluding carboxylic acids is 1. The number of hydrogen-bond acceptors (Lipinski definition) is 5. The van der Waals surface area contributed by atoms with Gasteiger partial charge in [0.1, 0.15) is 0 Å². The van der Waals surface area contributed by atoms with E-state index >= 15 is 0 Å². The highest BCUT2D eigenvalue weighted by atomic mass is 35.5. The summed E-state index contributed by atoms with van der Waals surface area (Å²) in [6.07, 6.45) is 4.02. The van der Waals surface area contributed by atoms with Gasteiger partial charge in [0.2, 0.25) is 5.91 Å². The van der Waals surface area contributed by atoms with Crippen molar-refractivity contribution in [2.75, 3.05) is 25.0 Å². The number of amides is 1. The van der Waals surface area contributed by atoms with Crippen molar-refractivity contribution in [3.05, 3.63) is 18.3 Å². The minimum absolute atomic E-state index is 0. The zero-order chi connectivity index (χ0) is 14.5. The Balaban J connectivity index is 0.00000220. The highest BCUT2D eigenvalue weighted by Crippen LogP contribution is 2.20. The van der Waals surface area contributed by atoms with E-state index in [4.69, 9.17) is 5.73 Å². The van der Waals surface area contributed by atoms with Crippen molar-refractivity contribution in [3.8, 4) is 0 Å². The van der Waals surface area contributed by atoms with Crippen molar-refractivity contribution in [1.29, 1.82) is 0 Å². The summed E-state index contributed by atoms with van der Waals surface area (Å²) in [4.78, 5) is 16.0. The van der Waals surface area contributed by atoms with E-state index in [9.17, 15) is 4.79 Å². The van der Waals surface area contributed by atoms with E-state index in [1.807, 2.05) is 31.0 Å². The Morgan fingerprint density at radius 3 is 2.71 bits per heavy atom. The Kier molecular flexibility index (Phi) is 6.84. The molecule has 6 nitrogen and oxygen atoms in total. The van der Waals surface area contributed by atoms with E-state index < -0.39 is 0 Å². The molecule has 21 heavy (non-hydrogen) atoms. The molecule has 0 aliphatic carbocycles. The lowest BCUT2D eigenvalue weighted by molar-refractivity contribution is -0.132. The number of rotatable bonds is 4. The Hall–Kier alpha value is -1.40. The van der Waals surface area contributed by atoms with Crippen LogP contribution in [0.25, 0.3) is 0 Å². The number of aromatic nitrogens is 2. The molecule has 0 spiro atoms. The number of nitrogens with two attached hydrogens (primary N) is 1. The minimum atomic E-state index is -0.0671. The van der Waals surface area contributed by atoms with E-state index in [2.05, 4.69) is 15.1 Å². The van der Waals surface area contributed by atoms with Crippen LogP contribution in [0.3, 0.4) is 0 Å². The van der Waals surface area contributed by atoms with E-state index in [1.165, 1.54) is 0 Å². The van der Waals surface area contributed by atoms with Crippen molar-refractivity contribution in [2.45, 2.75) is 38.3 Å². The molecule has 1 atom stereocenters. The number of halogens is 1. The van der Waals surface area contributed by atoms with Crippen LogP contribution in [0.5, 0.6) is 0 Å². The van der Waals surface area contributed by atoms with E-state index in [-0.39, 0.29) is 24.4 Å². The SMILES string of the molecule is CC(N)CC(=O)N1CCC(N(C)c2cccnn2)CC1.Cl. The van der Waals surface area contributed by atoms with E-state index in [1.54, 1.807) is 6.20 Å². The topological polar surface area (TPSA) is 75.4 Å². The predicted molar refractivity (Wildman–Crippen MR) is 85.6 cm³/mol. The normalized spacial score (nSPS) is 17.0. The van der Waals surface area contributed by atoms with E-state index in [0.29, 0.717) is 12.5 Å². The molecule has 2 heterocycles. The van der Waals surface area contributed by atoms with Gasteiger partial charge in [0, 0.05) is 44.8 Å². The van der Waals surface area contributed by atoms with Crippen LogP contribution >= 0.6 is 12.4 Å². The lowest BCUT2D eigenvalue weighted by Gasteiger charge is -2.37. The maximum atomic E-state index is 12.0. The predicted octanol–water partition coefficient (Wildman–Crippen LogP) is 1.06. The third-order valence-corrected chi connectivity index (χ3v) is 3.78. The molecule has 1 amide bonds. The van der Waals surface area contributed by atoms with Gasteiger partial charge < -0.3 is 15.5 Å². The third kappa shape index (κ3) is 4.82. The number of piperidine rings is 1. The molecule has 7 heteroatoms. The fraction of sp³-hybridized carbons (Fsp3) is 0.643. The van der Waals surface area contributed by atoms with Crippen LogP contribution in [0.15, 0.2) is 18.3 Å². The first-order valence-corrected chi connectivity index (χ1v) is 7.12. The molecular formula is C14H24ClN5O. The fourth-order valence-corrected chi connectivity index (χ4v) is 2.58. The van der Waals surface area contributed by atoms with Gasteiger partial charge in [-0.05, 0) is 31.9 Å². The highest BCUT2D eigenvalue weighted by molar-refractivity contribution is 5.85. The van der Waals surface area contributed by atoms with Crippen LogP contribution < -0.4 is 10.6 Å². The first-order valence-electron chi connectivity index (χ1n) is 7.12. The molecule has 0 aromatic carbocycles. The summed E-state index contributed by atoms with van der Waals surface area (Å²) in [5, 5.41) is 8.03. The first kappa shape index (κ1) is 17.7. The summed E-state index contributed by atoms with van der Waals surface area (Å²) < 4.78 is 0. The Morgan fingerprint density at radius 2 is 2.19 bits per heavy atom. The monoisotopic (exact) mass is 313 g/mol. The van der Waals surface area contributed by atoms with Gasteiger partial charge >= 0.3 is 0 Å². The van der Waals surface area contributed by atoms with Crippen LogP contribution in [0.2, 0.25) is 0 Å². The molecule has 0 bridgehead atoms. The molecule has 1 aliphatic heterocycles. The van der Waals surface area contributed by atoms with Crippen molar-refractivity contribution in [1.82, 2.24) is 15.1 Å². The summed E-state index contributed by atoms with van der Waals surface area (Å²) in [5.41, 5.74) is 5.68. The molecule has 1 aromatic heterocycles. The standard InChI is InChI=1S/C14H23N5O.ClH/c1-11(15)10-14(20)19-8-5-12(6-9-19)18(2)13-4-3-7-16-17-13;/h3-4,7,11-12H,5-6,8-10,15H2,1-2H3;1H. The van der Waals surface area contributed by atoms with Gasteiger partial charge in [-0.1, -0.05) is 0 Å². The Labute approximate surface area is 132 Å². The smallest absolute Gasteiger partial charge is 0.224 e. The van der Waals surface area contributed by atoms with Crippen molar-refractivity contribution in [3.63, 3.8) is 0 Å². The Morgan fingerprint density at radius 1 is 1.52 bits per heavy atom. The number of nitrogens with zero attached hydrogens (tertiary/aromatic N) is 4. The zero-order valence-electron chi connectivity index (χ0n) is 12.6. The number of hydrogen-bond donors (Lipinski definition) is 1. The highest BCUT2D eigenvalue weighted by Gasteiger charge is 2.26. The van der Waals surface area contributed by atoms with Crippen molar-refractivity contribution in [2.24, 2.45) is 5.73 Å². The summed E-state index contributed by atoms with van der Waals surface area (Å²) in [6, 6.07) is 4.19. The average Bonchev–Trinajstić information content (AvgIpc) is 2.47. The number of carbonyl (C=O) groups is 1. The van der Waals surface area contributed by atoms with Crippen LogP contribution in [0, 0.1) is 0 Å². The van der Waals surface area contributed by atoms with Crippen LogP contribution in [-0.2, 0) is 4.79 Å². The lowest BCUT2D eigenvalue weighted by atomic mass is 10.0. The van der Waals surface area contributed by atoms with Gasteiger partial charge in [0.15, 0.2) is 5.82 Å². The molecule has 2 rings (SSSR count). The van der Waals surface area contributed by atoms with E-state index in [0.717, 1.165) is 31.7 Å². The van der Waals surface area contributed by atoms with Gasteiger partial charge in [-0.25, -0.2) is 0 Å². The maximum absolute atomic E-state index is 12.0.